The first kappa shape index (κ1) is 23.0. The highest BCUT2D eigenvalue weighted by atomic mass is 35.5. The molecule has 1 aliphatic rings. The van der Waals surface area contributed by atoms with Gasteiger partial charge in [-0.2, -0.15) is 4.98 Å². The van der Waals surface area contributed by atoms with E-state index in [0.717, 1.165) is 30.5 Å². The second-order valence-corrected chi connectivity index (χ2v) is 8.55. The number of hydrogen-bond acceptors (Lipinski definition) is 6. The van der Waals surface area contributed by atoms with Crippen LogP contribution in [-0.2, 0) is 11.2 Å². The van der Waals surface area contributed by atoms with E-state index in [9.17, 15) is 4.79 Å². The fraction of sp³-hybridized carbons (Fsp3) is 0.320. The van der Waals surface area contributed by atoms with E-state index in [1.165, 1.54) is 16.7 Å². The number of halogens is 1. The van der Waals surface area contributed by atoms with E-state index in [4.69, 9.17) is 26.0 Å². The smallest absolute Gasteiger partial charge is 0.304 e. The lowest BCUT2D eigenvalue weighted by Gasteiger charge is -2.11. The van der Waals surface area contributed by atoms with E-state index < -0.39 is 5.97 Å². The molecule has 1 heterocycles. The number of ether oxygens (including phenoxy) is 1. The van der Waals surface area contributed by atoms with E-state index in [1.807, 2.05) is 38.1 Å². The van der Waals surface area contributed by atoms with Gasteiger partial charge in [0.05, 0.1) is 17.5 Å². The Balaban J connectivity index is 1.48. The number of nitrogens with zero attached hydrogens (tertiary/aromatic N) is 2. The molecule has 0 saturated heterocycles. The van der Waals surface area contributed by atoms with Crippen LogP contribution in [0, 0.1) is 0 Å². The van der Waals surface area contributed by atoms with Gasteiger partial charge in [-0.25, -0.2) is 0 Å². The summed E-state index contributed by atoms with van der Waals surface area (Å²) in [6.45, 7) is 5.09. The maximum atomic E-state index is 10.6. The average Bonchev–Trinajstić information content (AvgIpc) is 3.42. The van der Waals surface area contributed by atoms with E-state index in [0.29, 0.717) is 29.0 Å². The molecule has 4 rings (SSSR count). The Morgan fingerprint density at radius 2 is 2.06 bits per heavy atom. The van der Waals surface area contributed by atoms with Crippen LogP contribution in [0.3, 0.4) is 0 Å². The highest BCUT2D eigenvalue weighted by Gasteiger charge is 2.21. The van der Waals surface area contributed by atoms with Crippen LogP contribution in [0.4, 0.5) is 0 Å². The maximum absolute atomic E-state index is 10.6. The third-order valence-electron chi connectivity index (χ3n) is 5.37. The summed E-state index contributed by atoms with van der Waals surface area (Å²) in [5.74, 6) is 0.760. The highest BCUT2D eigenvalue weighted by molar-refractivity contribution is 6.32. The van der Waals surface area contributed by atoms with Crippen LogP contribution < -0.4 is 10.1 Å². The zero-order valence-corrected chi connectivity index (χ0v) is 19.4. The minimum Gasteiger partial charge on any atom is -0.489 e. The number of benzene rings is 2. The first-order valence-corrected chi connectivity index (χ1v) is 11.3. The molecule has 0 spiro atoms. The quantitative estimate of drug-likeness (QED) is 0.393. The Kier molecular flexibility index (Phi) is 7.11. The molecule has 0 unspecified atom stereocenters. The minimum absolute atomic E-state index is 0.0301. The summed E-state index contributed by atoms with van der Waals surface area (Å²) >= 11 is 6.36. The van der Waals surface area contributed by atoms with E-state index in [1.54, 1.807) is 6.07 Å². The Morgan fingerprint density at radius 3 is 2.82 bits per heavy atom. The van der Waals surface area contributed by atoms with E-state index in [2.05, 4.69) is 27.6 Å². The number of rotatable bonds is 10. The fourth-order valence-corrected chi connectivity index (χ4v) is 4.09. The number of fused-ring (bicyclic) bond motifs is 1. The van der Waals surface area contributed by atoms with Crippen LogP contribution >= 0.6 is 11.6 Å². The third kappa shape index (κ3) is 5.43. The van der Waals surface area contributed by atoms with Crippen molar-refractivity contribution in [3.05, 3.63) is 58.6 Å². The molecule has 172 valence electrons. The van der Waals surface area contributed by atoms with Crippen molar-refractivity contribution >= 4 is 23.1 Å². The van der Waals surface area contributed by atoms with Crippen LogP contribution in [0.2, 0.25) is 5.02 Å². The number of carboxylic acids is 1. The minimum atomic E-state index is -0.792. The van der Waals surface area contributed by atoms with Crippen LogP contribution in [0.25, 0.3) is 28.4 Å². The molecule has 0 bridgehead atoms. The van der Waals surface area contributed by atoms with Crippen molar-refractivity contribution in [1.29, 1.82) is 0 Å². The van der Waals surface area contributed by atoms with E-state index in [-0.39, 0.29) is 12.5 Å². The van der Waals surface area contributed by atoms with Crippen LogP contribution in [0.15, 0.2) is 47.0 Å². The largest absolute Gasteiger partial charge is 0.489 e. The van der Waals surface area contributed by atoms with Crippen molar-refractivity contribution in [3.8, 4) is 28.6 Å². The van der Waals surface area contributed by atoms with Gasteiger partial charge in [-0.15, -0.1) is 0 Å². The lowest BCUT2D eigenvalue weighted by Crippen LogP contribution is -2.19. The molecule has 1 aromatic heterocycles. The molecule has 7 nitrogen and oxygen atoms in total. The Bertz CT molecular complexity index is 1190. The number of aromatic nitrogens is 2. The van der Waals surface area contributed by atoms with Crippen molar-refractivity contribution in [3.63, 3.8) is 0 Å². The molecule has 3 aromatic rings. The van der Waals surface area contributed by atoms with Crippen molar-refractivity contribution in [1.82, 2.24) is 15.5 Å². The Morgan fingerprint density at radius 1 is 1.24 bits per heavy atom. The van der Waals surface area contributed by atoms with Gasteiger partial charge in [-0.3, -0.25) is 4.79 Å². The standard InChI is InChI=1S/C25H26ClN3O4/c1-15(2)32-22-9-7-17(14-21(22)26)25-28-24(29-33-25)20-5-3-4-18-16(6-8-19(18)20)10-12-27-13-11-23(30)31/h3-7,9,14-15,27H,8,10-13H2,1-2H3,(H,30,31). The summed E-state index contributed by atoms with van der Waals surface area (Å²) in [6, 6.07) is 11.5. The molecule has 1 aliphatic carbocycles. The van der Waals surface area contributed by atoms with Gasteiger partial charge in [0.2, 0.25) is 5.82 Å². The van der Waals surface area contributed by atoms with Gasteiger partial charge in [-0.05, 0) is 68.1 Å². The number of nitrogens with one attached hydrogen (secondary N) is 1. The normalized spacial score (nSPS) is 12.7. The molecule has 8 heteroatoms. The van der Waals surface area contributed by atoms with Crippen LogP contribution in [0.1, 0.15) is 37.8 Å². The molecule has 0 fully saturated rings. The van der Waals surface area contributed by atoms with Gasteiger partial charge < -0.3 is 19.7 Å². The zero-order chi connectivity index (χ0) is 23.4. The summed E-state index contributed by atoms with van der Waals surface area (Å²) in [7, 11) is 0. The number of allylic oxidation sites excluding steroid dienone is 1. The lowest BCUT2D eigenvalue weighted by molar-refractivity contribution is -0.136. The number of hydrogen-bond donors (Lipinski definition) is 2. The van der Waals surface area contributed by atoms with Crippen LogP contribution in [-0.4, -0.2) is 40.4 Å². The van der Waals surface area contributed by atoms with Gasteiger partial charge in [0.15, 0.2) is 0 Å². The number of carboxylic acid groups (broad SMARTS) is 1. The van der Waals surface area contributed by atoms with E-state index >= 15 is 0 Å². The number of carbonyl (C=O) groups is 1. The second-order valence-electron chi connectivity index (χ2n) is 8.14. The van der Waals surface area contributed by atoms with Gasteiger partial charge in [0.25, 0.3) is 5.89 Å². The third-order valence-corrected chi connectivity index (χ3v) is 5.67. The van der Waals surface area contributed by atoms with Crippen molar-refractivity contribution in [2.24, 2.45) is 0 Å². The maximum Gasteiger partial charge on any atom is 0.304 e. The zero-order valence-electron chi connectivity index (χ0n) is 18.6. The first-order valence-electron chi connectivity index (χ1n) is 11.0. The van der Waals surface area contributed by atoms with Crippen molar-refractivity contribution in [2.75, 3.05) is 13.1 Å². The van der Waals surface area contributed by atoms with Crippen LogP contribution in [0.5, 0.6) is 5.75 Å². The molecular formula is C25H26ClN3O4. The average molecular weight is 468 g/mol. The number of aliphatic carboxylic acids is 1. The summed E-state index contributed by atoms with van der Waals surface area (Å²) in [6.07, 6.45) is 3.99. The van der Waals surface area contributed by atoms with Crippen molar-refractivity contribution < 1.29 is 19.2 Å². The highest BCUT2D eigenvalue weighted by Crippen LogP contribution is 2.36. The Hall–Kier alpha value is -3.16. The predicted octanol–water partition coefficient (Wildman–Crippen LogP) is 5.24. The molecule has 2 aromatic carbocycles. The topological polar surface area (TPSA) is 97.5 Å². The fourth-order valence-electron chi connectivity index (χ4n) is 3.87. The van der Waals surface area contributed by atoms with Gasteiger partial charge >= 0.3 is 5.97 Å². The molecule has 0 aliphatic heterocycles. The van der Waals surface area contributed by atoms with Crippen molar-refractivity contribution in [2.45, 2.75) is 39.2 Å². The predicted molar refractivity (Wildman–Crippen MR) is 127 cm³/mol. The molecule has 0 radical (unpaired) electrons. The molecular weight excluding hydrogens is 442 g/mol. The Labute approximate surface area is 197 Å². The molecule has 33 heavy (non-hydrogen) atoms. The van der Waals surface area contributed by atoms with Gasteiger partial charge in [0.1, 0.15) is 5.75 Å². The lowest BCUT2D eigenvalue weighted by atomic mass is 9.98. The first-order chi connectivity index (χ1) is 15.9. The summed E-state index contributed by atoms with van der Waals surface area (Å²) in [5.41, 5.74) is 5.26. The molecule has 0 atom stereocenters. The summed E-state index contributed by atoms with van der Waals surface area (Å²) in [4.78, 5) is 15.3. The molecule has 0 amide bonds. The van der Waals surface area contributed by atoms with Gasteiger partial charge in [-0.1, -0.05) is 41.0 Å². The monoisotopic (exact) mass is 467 g/mol. The molecule has 2 N–H and O–H groups in total. The van der Waals surface area contributed by atoms with Gasteiger partial charge in [0, 0.05) is 17.7 Å². The SMILES string of the molecule is CC(C)Oc1ccc(-c2nc(-c3cccc4c3CC=C4CCNCCC(=O)O)no2)cc1Cl. The summed E-state index contributed by atoms with van der Waals surface area (Å²) < 4.78 is 11.2. The second kappa shape index (κ2) is 10.2. The molecule has 0 saturated carbocycles. The summed E-state index contributed by atoms with van der Waals surface area (Å²) in [5, 5.41) is 16.6.